The van der Waals surface area contributed by atoms with Gasteiger partial charge in [0, 0.05) is 38.6 Å². The summed E-state index contributed by atoms with van der Waals surface area (Å²) in [6.07, 6.45) is 0. The molecule has 258 valence electrons. The van der Waals surface area contributed by atoms with Crippen LogP contribution in [-0.2, 0) is 0 Å². The molecule has 0 aliphatic heterocycles. The highest BCUT2D eigenvalue weighted by Crippen LogP contribution is 2.38. The molecule has 3 heterocycles. The van der Waals surface area contributed by atoms with Crippen molar-refractivity contribution < 1.29 is 0 Å². The Morgan fingerprint density at radius 2 is 0.655 bits per heavy atom. The van der Waals surface area contributed by atoms with E-state index in [-0.39, 0.29) is 0 Å². The van der Waals surface area contributed by atoms with E-state index in [0.717, 1.165) is 72.4 Å². The van der Waals surface area contributed by atoms with Crippen LogP contribution in [0.5, 0.6) is 0 Å². The fourth-order valence-corrected chi connectivity index (χ4v) is 7.23. The lowest BCUT2D eigenvalue weighted by atomic mass is 10.00. The van der Waals surface area contributed by atoms with E-state index in [4.69, 9.17) is 24.9 Å². The minimum Gasteiger partial charge on any atom is -0.277 e. The lowest BCUT2D eigenvalue weighted by Crippen LogP contribution is -2.03. The van der Waals surface area contributed by atoms with E-state index in [1.807, 2.05) is 84.9 Å². The molecule has 6 nitrogen and oxygen atoms in total. The molecule has 0 saturated heterocycles. The van der Waals surface area contributed by atoms with Gasteiger partial charge in [-0.1, -0.05) is 182 Å². The fourth-order valence-electron chi connectivity index (χ4n) is 7.23. The summed E-state index contributed by atoms with van der Waals surface area (Å²) in [7, 11) is 0. The highest BCUT2D eigenvalue weighted by molar-refractivity contribution is 6.06. The SMILES string of the molecule is c1ccc(-c2nc(-c3ccccc3)nc(-c3cccc(-c4cccc(-c5nc(-c6ccccc6)nc6c7ccccc7c(-c7ccccc7)n56)c4)c3)n2)cc1. The third-order valence-electron chi connectivity index (χ3n) is 9.85. The Kier molecular flexibility index (Phi) is 8.04. The Hall–Kier alpha value is -7.57. The number of rotatable bonds is 7. The summed E-state index contributed by atoms with van der Waals surface area (Å²) >= 11 is 0. The van der Waals surface area contributed by atoms with Crippen molar-refractivity contribution in [3.63, 3.8) is 0 Å². The second-order valence-electron chi connectivity index (χ2n) is 13.4. The van der Waals surface area contributed by atoms with Gasteiger partial charge in [-0.3, -0.25) is 4.40 Å². The topological polar surface area (TPSA) is 68.9 Å². The van der Waals surface area contributed by atoms with Crippen molar-refractivity contribution in [3.05, 3.63) is 194 Å². The maximum atomic E-state index is 5.32. The van der Waals surface area contributed by atoms with Gasteiger partial charge in [0.1, 0.15) is 11.5 Å². The average Bonchev–Trinajstić information content (AvgIpc) is 3.61. The first-order chi connectivity index (χ1) is 27.3. The number of nitrogens with zero attached hydrogens (tertiary/aromatic N) is 6. The molecule has 0 fully saturated rings. The smallest absolute Gasteiger partial charge is 0.164 e. The van der Waals surface area contributed by atoms with Crippen LogP contribution in [0.25, 0.3) is 95.7 Å². The van der Waals surface area contributed by atoms with Gasteiger partial charge in [0.15, 0.2) is 23.3 Å². The highest BCUT2D eigenvalue weighted by Gasteiger charge is 2.21. The second kappa shape index (κ2) is 13.8. The third-order valence-corrected chi connectivity index (χ3v) is 9.85. The summed E-state index contributed by atoms with van der Waals surface area (Å²) in [5.41, 5.74) is 9.82. The fraction of sp³-hybridized carbons (Fsp3) is 0. The summed E-state index contributed by atoms with van der Waals surface area (Å²) < 4.78 is 2.23. The normalized spacial score (nSPS) is 11.3. The largest absolute Gasteiger partial charge is 0.277 e. The van der Waals surface area contributed by atoms with Gasteiger partial charge in [-0.25, -0.2) is 24.9 Å². The van der Waals surface area contributed by atoms with Crippen LogP contribution >= 0.6 is 0 Å². The van der Waals surface area contributed by atoms with Gasteiger partial charge >= 0.3 is 0 Å². The molecule has 3 aromatic heterocycles. The lowest BCUT2D eigenvalue weighted by Gasteiger charge is -2.13. The van der Waals surface area contributed by atoms with Gasteiger partial charge in [0.05, 0.1) is 5.69 Å². The van der Waals surface area contributed by atoms with Crippen molar-refractivity contribution in [1.29, 1.82) is 0 Å². The Balaban J connectivity index is 1.15. The monoisotopic (exact) mass is 704 g/mol. The van der Waals surface area contributed by atoms with E-state index >= 15 is 0 Å². The summed E-state index contributed by atoms with van der Waals surface area (Å²) in [4.78, 5) is 25.4. The average molecular weight is 705 g/mol. The van der Waals surface area contributed by atoms with Gasteiger partial charge in [0.2, 0.25) is 0 Å². The molecule has 55 heavy (non-hydrogen) atoms. The molecule has 0 spiro atoms. The number of benzene rings is 7. The molecule has 0 N–H and O–H groups in total. The summed E-state index contributed by atoms with van der Waals surface area (Å²) in [6, 6.07) is 66.3. The minimum absolute atomic E-state index is 0.613. The number of hydrogen-bond acceptors (Lipinski definition) is 5. The zero-order chi connectivity index (χ0) is 36.6. The van der Waals surface area contributed by atoms with E-state index in [1.54, 1.807) is 0 Å². The van der Waals surface area contributed by atoms with Gasteiger partial charge < -0.3 is 0 Å². The zero-order valence-electron chi connectivity index (χ0n) is 29.7. The Morgan fingerprint density at radius 3 is 1.20 bits per heavy atom. The molecule has 7 aromatic carbocycles. The van der Waals surface area contributed by atoms with E-state index in [9.17, 15) is 0 Å². The van der Waals surface area contributed by atoms with Crippen LogP contribution in [-0.4, -0.2) is 29.3 Å². The van der Waals surface area contributed by atoms with Crippen molar-refractivity contribution in [1.82, 2.24) is 29.3 Å². The summed E-state index contributed by atoms with van der Waals surface area (Å²) in [5.74, 6) is 3.37. The molecule has 0 atom stereocenters. The molecule has 0 amide bonds. The van der Waals surface area contributed by atoms with Crippen LogP contribution < -0.4 is 0 Å². The van der Waals surface area contributed by atoms with Crippen molar-refractivity contribution in [2.24, 2.45) is 0 Å². The van der Waals surface area contributed by atoms with Crippen LogP contribution in [0.15, 0.2) is 194 Å². The molecule has 0 unspecified atom stereocenters. The van der Waals surface area contributed by atoms with Crippen molar-refractivity contribution in [2.75, 3.05) is 0 Å². The zero-order valence-corrected chi connectivity index (χ0v) is 29.7. The predicted octanol–water partition coefficient (Wildman–Crippen LogP) is 11.7. The molecule has 0 radical (unpaired) electrons. The standard InChI is InChI=1S/C49H32N6/c1-5-17-33(18-6-1)43-41-29-13-14-30-42(41)49-54-46(36-23-11-4-12-24-36)53-48(55(43)49)40-28-16-26-38(32-40)37-25-15-27-39(31-37)47-51-44(34-19-7-2-8-20-34)50-45(52-47)35-21-9-3-10-22-35/h1-32H. The molecule has 10 rings (SSSR count). The maximum absolute atomic E-state index is 5.32. The second-order valence-corrected chi connectivity index (χ2v) is 13.4. The Labute approximate surface area is 318 Å². The van der Waals surface area contributed by atoms with Crippen LogP contribution in [0.3, 0.4) is 0 Å². The summed E-state index contributed by atoms with van der Waals surface area (Å²) in [5, 5.41) is 2.20. The minimum atomic E-state index is 0.613. The molecular weight excluding hydrogens is 673 g/mol. The predicted molar refractivity (Wildman–Crippen MR) is 222 cm³/mol. The van der Waals surface area contributed by atoms with Crippen LogP contribution in [0.2, 0.25) is 0 Å². The van der Waals surface area contributed by atoms with Gasteiger partial charge in [-0.2, -0.15) is 0 Å². The lowest BCUT2D eigenvalue weighted by molar-refractivity contribution is 1.05. The van der Waals surface area contributed by atoms with E-state index in [0.29, 0.717) is 23.3 Å². The van der Waals surface area contributed by atoms with E-state index < -0.39 is 0 Å². The molecule has 0 aliphatic carbocycles. The van der Waals surface area contributed by atoms with Crippen molar-refractivity contribution >= 4 is 16.4 Å². The molecule has 0 saturated carbocycles. The molecule has 0 aliphatic rings. The van der Waals surface area contributed by atoms with E-state index in [2.05, 4.69) is 114 Å². The van der Waals surface area contributed by atoms with Crippen LogP contribution in [0.1, 0.15) is 0 Å². The van der Waals surface area contributed by atoms with Crippen LogP contribution in [0.4, 0.5) is 0 Å². The first kappa shape index (κ1) is 32.1. The highest BCUT2D eigenvalue weighted by atomic mass is 15.1. The quantitative estimate of drug-likeness (QED) is 0.165. The van der Waals surface area contributed by atoms with Crippen molar-refractivity contribution in [3.8, 4) is 79.3 Å². The number of fused-ring (bicyclic) bond motifs is 3. The van der Waals surface area contributed by atoms with Crippen molar-refractivity contribution in [2.45, 2.75) is 0 Å². The number of aromatic nitrogens is 6. The first-order valence-electron chi connectivity index (χ1n) is 18.3. The summed E-state index contributed by atoms with van der Waals surface area (Å²) in [6.45, 7) is 0. The van der Waals surface area contributed by atoms with Gasteiger partial charge in [-0.05, 0) is 28.8 Å². The maximum Gasteiger partial charge on any atom is 0.164 e. The third kappa shape index (κ3) is 6.02. The molecular formula is C49H32N6. The Morgan fingerprint density at radius 1 is 0.273 bits per heavy atom. The van der Waals surface area contributed by atoms with Crippen LogP contribution in [0, 0.1) is 0 Å². The molecule has 10 aromatic rings. The number of hydrogen-bond donors (Lipinski definition) is 0. The van der Waals surface area contributed by atoms with E-state index in [1.165, 1.54) is 0 Å². The first-order valence-corrected chi connectivity index (χ1v) is 18.3. The Bertz CT molecular complexity index is 2900. The van der Waals surface area contributed by atoms with Gasteiger partial charge in [-0.15, -0.1) is 0 Å². The van der Waals surface area contributed by atoms with Gasteiger partial charge in [0.25, 0.3) is 0 Å². The molecule has 6 heteroatoms. The molecule has 0 bridgehead atoms.